The summed E-state index contributed by atoms with van der Waals surface area (Å²) in [4.78, 5) is 33.7. The van der Waals surface area contributed by atoms with Gasteiger partial charge in [-0.05, 0) is 24.1 Å². The zero-order chi connectivity index (χ0) is 18.4. The molecule has 8 heteroatoms. The van der Waals surface area contributed by atoms with Crippen molar-refractivity contribution in [2.45, 2.75) is 13.5 Å². The Balaban J connectivity index is 1.88. The zero-order valence-corrected chi connectivity index (χ0v) is 14.1. The number of rotatable bonds is 6. The normalized spacial score (nSPS) is 10.2. The molecule has 0 fully saturated rings. The van der Waals surface area contributed by atoms with E-state index < -0.39 is 23.4 Å². The molecule has 0 aliphatic rings. The van der Waals surface area contributed by atoms with Crippen LogP contribution in [0.25, 0.3) is 0 Å². The fraction of sp³-hybridized carbons (Fsp3) is 0.176. The molecule has 7 nitrogen and oxygen atoms in total. The lowest BCUT2D eigenvalue weighted by Gasteiger charge is -2.09. The summed E-state index contributed by atoms with van der Waals surface area (Å²) >= 11 is 5.84. The molecule has 0 aliphatic heterocycles. The van der Waals surface area contributed by atoms with Crippen LogP contribution in [0.5, 0.6) is 0 Å². The highest BCUT2D eigenvalue weighted by Gasteiger charge is 2.17. The van der Waals surface area contributed by atoms with Crippen LogP contribution < -0.4 is 5.32 Å². The summed E-state index contributed by atoms with van der Waals surface area (Å²) in [6, 6.07) is 11.0. The number of aryl methyl sites for hydroxylation is 1. The van der Waals surface area contributed by atoms with Gasteiger partial charge in [0.1, 0.15) is 0 Å². The number of hydrogen-bond donors (Lipinski definition) is 1. The van der Waals surface area contributed by atoms with Crippen molar-refractivity contribution in [3.05, 3.63) is 74.3 Å². The molecular formula is C17H15ClN2O5. The van der Waals surface area contributed by atoms with Crippen molar-refractivity contribution in [3.8, 4) is 0 Å². The number of carbonyl (C=O) groups excluding carboxylic acids is 2. The number of nitro groups is 1. The van der Waals surface area contributed by atoms with E-state index in [0.717, 1.165) is 23.3 Å². The van der Waals surface area contributed by atoms with E-state index in [-0.39, 0.29) is 16.3 Å². The topological polar surface area (TPSA) is 98.5 Å². The molecule has 2 aromatic rings. The van der Waals surface area contributed by atoms with Crippen molar-refractivity contribution in [2.75, 3.05) is 6.61 Å². The zero-order valence-electron chi connectivity index (χ0n) is 13.3. The molecule has 0 aliphatic carbocycles. The van der Waals surface area contributed by atoms with Gasteiger partial charge in [-0.2, -0.15) is 0 Å². The van der Waals surface area contributed by atoms with Crippen molar-refractivity contribution in [1.29, 1.82) is 0 Å². The molecular weight excluding hydrogens is 348 g/mol. The summed E-state index contributed by atoms with van der Waals surface area (Å²) < 4.78 is 4.88. The lowest BCUT2D eigenvalue weighted by atomic mass is 10.1. The maximum Gasteiger partial charge on any atom is 0.340 e. The third-order valence-electron chi connectivity index (χ3n) is 3.46. The lowest BCUT2D eigenvalue weighted by Crippen LogP contribution is -2.28. The summed E-state index contributed by atoms with van der Waals surface area (Å²) in [5.74, 6) is -1.29. The predicted molar refractivity (Wildman–Crippen MR) is 91.4 cm³/mol. The molecule has 0 atom stereocenters. The van der Waals surface area contributed by atoms with Gasteiger partial charge >= 0.3 is 5.97 Å². The van der Waals surface area contributed by atoms with Crippen molar-refractivity contribution >= 4 is 29.2 Å². The summed E-state index contributed by atoms with van der Waals surface area (Å²) in [6.45, 7) is 1.78. The molecule has 1 N–H and O–H groups in total. The minimum atomic E-state index is -0.828. The van der Waals surface area contributed by atoms with E-state index in [1.165, 1.54) is 6.07 Å². The maximum atomic E-state index is 11.9. The quantitative estimate of drug-likeness (QED) is 0.483. The number of halogens is 1. The monoisotopic (exact) mass is 362 g/mol. The number of amides is 1. The summed E-state index contributed by atoms with van der Waals surface area (Å²) in [6.07, 6.45) is 0. The van der Waals surface area contributed by atoms with Gasteiger partial charge in [0.2, 0.25) is 0 Å². The minimum Gasteiger partial charge on any atom is -0.452 e. The highest BCUT2D eigenvalue weighted by Crippen LogP contribution is 2.23. The number of nitro benzene ring substituents is 1. The lowest BCUT2D eigenvalue weighted by molar-refractivity contribution is -0.384. The van der Waals surface area contributed by atoms with E-state index in [2.05, 4.69) is 5.32 Å². The Morgan fingerprint density at radius 1 is 1.24 bits per heavy atom. The number of esters is 1. The molecule has 0 saturated heterocycles. The molecule has 2 aromatic carbocycles. The van der Waals surface area contributed by atoms with E-state index in [0.29, 0.717) is 6.54 Å². The van der Waals surface area contributed by atoms with Crippen molar-refractivity contribution in [3.63, 3.8) is 0 Å². The molecule has 0 aromatic heterocycles. The van der Waals surface area contributed by atoms with Crippen LogP contribution in [-0.2, 0) is 16.1 Å². The number of nitrogens with one attached hydrogen (secondary N) is 1. The summed E-state index contributed by atoms with van der Waals surface area (Å²) in [7, 11) is 0. The third-order valence-corrected chi connectivity index (χ3v) is 3.77. The molecule has 2 rings (SSSR count). The fourth-order valence-corrected chi connectivity index (χ4v) is 2.30. The molecule has 0 radical (unpaired) electrons. The second-order valence-electron chi connectivity index (χ2n) is 5.20. The van der Waals surface area contributed by atoms with Crippen molar-refractivity contribution in [1.82, 2.24) is 5.32 Å². The van der Waals surface area contributed by atoms with Gasteiger partial charge in [-0.25, -0.2) is 4.79 Å². The first kappa shape index (κ1) is 18.4. The van der Waals surface area contributed by atoms with Gasteiger partial charge in [-0.1, -0.05) is 35.9 Å². The molecule has 0 unspecified atom stereocenters. The summed E-state index contributed by atoms with van der Waals surface area (Å²) in [5.41, 5.74) is 1.72. The minimum absolute atomic E-state index is 0.0426. The first-order valence-electron chi connectivity index (χ1n) is 7.30. The van der Waals surface area contributed by atoms with E-state index in [4.69, 9.17) is 16.3 Å². The Morgan fingerprint density at radius 3 is 2.60 bits per heavy atom. The standard InChI is InChI=1S/C17H15ClN2O5/c1-11-4-2-3-5-12(11)9-19-16(21)10-25-17(22)14-7-6-13(20(23)24)8-15(14)18/h2-8H,9-10H2,1H3,(H,19,21). The number of non-ortho nitro benzene ring substituents is 1. The van der Waals surface area contributed by atoms with Gasteiger partial charge in [0.05, 0.1) is 15.5 Å². The highest BCUT2D eigenvalue weighted by atomic mass is 35.5. The third kappa shape index (κ3) is 5.02. The Kier molecular flexibility index (Phi) is 6.08. The first-order valence-corrected chi connectivity index (χ1v) is 7.68. The molecule has 0 saturated carbocycles. The van der Waals surface area contributed by atoms with Crippen LogP contribution in [-0.4, -0.2) is 23.4 Å². The second kappa shape index (κ2) is 8.25. The smallest absolute Gasteiger partial charge is 0.340 e. The van der Waals surface area contributed by atoms with Gasteiger partial charge in [-0.15, -0.1) is 0 Å². The van der Waals surface area contributed by atoms with E-state index >= 15 is 0 Å². The van der Waals surface area contributed by atoms with Crippen LogP contribution in [0.4, 0.5) is 5.69 Å². The van der Waals surface area contributed by atoms with Crippen LogP contribution >= 0.6 is 11.6 Å². The average Bonchev–Trinajstić information content (AvgIpc) is 2.58. The van der Waals surface area contributed by atoms with Gasteiger partial charge in [0.25, 0.3) is 11.6 Å². The van der Waals surface area contributed by atoms with Gasteiger partial charge in [0, 0.05) is 18.7 Å². The fourth-order valence-electron chi connectivity index (χ4n) is 2.05. The van der Waals surface area contributed by atoms with Crippen molar-refractivity contribution in [2.24, 2.45) is 0 Å². The molecule has 0 spiro atoms. The van der Waals surface area contributed by atoms with Gasteiger partial charge in [-0.3, -0.25) is 14.9 Å². The Hall–Kier alpha value is -2.93. The van der Waals surface area contributed by atoms with Crippen LogP contribution in [0.2, 0.25) is 5.02 Å². The molecule has 130 valence electrons. The maximum absolute atomic E-state index is 11.9. The van der Waals surface area contributed by atoms with Crippen LogP contribution in [0.1, 0.15) is 21.5 Å². The Morgan fingerprint density at radius 2 is 1.96 bits per heavy atom. The second-order valence-corrected chi connectivity index (χ2v) is 5.61. The van der Waals surface area contributed by atoms with Gasteiger partial charge < -0.3 is 10.1 Å². The number of carbonyl (C=O) groups is 2. The predicted octanol–water partition coefficient (Wildman–Crippen LogP) is 3.03. The number of ether oxygens (including phenoxy) is 1. The van der Waals surface area contributed by atoms with Crippen LogP contribution in [0.15, 0.2) is 42.5 Å². The van der Waals surface area contributed by atoms with Crippen molar-refractivity contribution < 1.29 is 19.2 Å². The molecule has 0 heterocycles. The average molecular weight is 363 g/mol. The van der Waals surface area contributed by atoms with Gasteiger partial charge in [0.15, 0.2) is 6.61 Å². The Bertz CT molecular complexity index is 822. The van der Waals surface area contributed by atoms with E-state index in [9.17, 15) is 19.7 Å². The molecule has 1 amide bonds. The first-order chi connectivity index (χ1) is 11.9. The largest absolute Gasteiger partial charge is 0.452 e. The molecule has 0 bridgehead atoms. The molecule has 25 heavy (non-hydrogen) atoms. The number of benzene rings is 2. The number of hydrogen-bond acceptors (Lipinski definition) is 5. The Labute approximate surface area is 148 Å². The SMILES string of the molecule is Cc1ccccc1CNC(=O)COC(=O)c1ccc([N+](=O)[O-])cc1Cl. The van der Waals surface area contributed by atoms with Crippen LogP contribution in [0, 0.1) is 17.0 Å². The van der Waals surface area contributed by atoms with E-state index in [1.54, 1.807) is 0 Å². The van der Waals surface area contributed by atoms with Crippen LogP contribution in [0.3, 0.4) is 0 Å². The van der Waals surface area contributed by atoms with E-state index in [1.807, 2.05) is 31.2 Å². The number of nitrogens with zero attached hydrogens (tertiary/aromatic N) is 1. The highest BCUT2D eigenvalue weighted by molar-refractivity contribution is 6.33. The summed E-state index contributed by atoms with van der Waals surface area (Å²) in [5, 5.41) is 13.2.